The van der Waals surface area contributed by atoms with Gasteiger partial charge < -0.3 is 14.9 Å². The molecule has 1 N–H and O–H groups in total. The maximum absolute atomic E-state index is 14.3. The molecule has 9 nitrogen and oxygen atoms in total. The number of benzene rings is 1. The Hall–Kier alpha value is -3.14. The van der Waals surface area contributed by atoms with Crippen molar-refractivity contribution in [3.05, 3.63) is 55.6 Å². The number of nitrogens with zero attached hydrogens (tertiary/aromatic N) is 2. The first-order chi connectivity index (χ1) is 14.3. The van der Waals surface area contributed by atoms with Crippen LogP contribution >= 0.6 is 11.6 Å². The number of rotatable bonds is 5. The molecule has 0 unspecified atom stereocenters. The summed E-state index contributed by atoms with van der Waals surface area (Å²) >= 11 is 6.07. The minimum Gasteiger partial charge on any atom is -0.444 e. The number of aryl methyl sites for hydroxylation is 1. The largest absolute Gasteiger partial charge is 0.444 e. The van der Waals surface area contributed by atoms with Gasteiger partial charge in [-0.1, -0.05) is 23.7 Å². The molecule has 0 atom stereocenters. The smallest absolute Gasteiger partial charge is 0.407 e. The monoisotopic (exact) mass is 455 g/mol. The average molecular weight is 456 g/mol. The summed E-state index contributed by atoms with van der Waals surface area (Å²) in [4.78, 5) is 53.6. The highest BCUT2D eigenvalue weighted by Gasteiger charge is 2.20. The zero-order chi connectivity index (χ0) is 23.5. The first-order valence-electron chi connectivity index (χ1n) is 9.29. The molecule has 1 aromatic heterocycles. The number of carbonyl (C=O) groups is 2. The summed E-state index contributed by atoms with van der Waals surface area (Å²) in [5.41, 5.74) is -2.37. The summed E-state index contributed by atoms with van der Waals surface area (Å²) in [6, 6.07) is 2.84. The minimum absolute atomic E-state index is 0.0181. The van der Waals surface area contributed by atoms with Crippen molar-refractivity contribution in [2.75, 3.05) is 6.54 Å². The predicted molar refractivity (Wildman–Crippen MR) is 112 cm³/mol. The fourth-order valence-corrected chi connectivity index (χ4v) is 2.92. The molecule has 168 valence electrons. The Morgan fingerprint density at radius 2 is 1.84 bits per heavy atom. The maximum Gasteiger partial charge on any atom is 0.407 e. The molecule has 1 heterocycles. The second-order valence-corrected chi connectivity index (χ2v) is 8.06. The Balaban J connectivity index is 2.49. The lowest BCUT2D eigenvalue weighted by Crippen LogP contribution is -2.45. The van der Waals surface area contributed by atoms with E-state index in [1.54, 1.807) is 20.8 Å². The van der Waals surface area contributed by atoms with Crippen molar-refractivity contribution in [3.63, 3.8) is 0 Å². The molecule has 31 heavy (non-hydrogen) atoms. The molecule has 0 aliphatic rings. The van der Waals surface area contributed by atoms with Crippen molar-refractivity contribution < 1.29 is 23.6 Å². The summed E-state index contributed by atoms with van der Waals surface area (Å²) in [5.74, 6) is -1.53. The summed E-state index contributed by atoms with van der Waals surface area (Å²) in [7, 11) is 0. The van der Waals surface area contributed by atoms with Crippen LogP contribution < -0.4 is 21.4 Å². The molecular formula is C20H23ClFN3O6. The Bertz CT molecular complexity index is 1130. The van der Waals surface area contributed by atoms with Crippen molar-refractivity contribution >= 4 is 23.7 Å². The summed E-state index contributed by atoms with van der Waals surface area (Å²) < 4.78 is 20.7. The average Bonchev–Trinajstić information content (AvgIpc) is 2.63. The van der Waals surface area contributed by atoms with Crippen molar-refractivity contribution in [2.24, 2.45) is 0 Å². The van der Waals surface area contributed by atoms with Crippen LogP contribution in [0.4, 0.5) is 9.18 Å². The van der Waals surface area contributed by atoms with Crippen LogP contribution in [0.5, 0.6) is 0 Å². The predicted octanol–water partition coefficient (Wildman–Crippen LogP) is 2.28. The van der Waals surface area contributed by atoms with Gasteiger partial charge in [0.2, 0.25) is 0 Å². The Morgan fingerprint density at radius 3 is 2.42 bits per heavy atom. The molecule has 0 aliphatic heterocycles. The van der Waals surface area contributed by atoms with Gasteiger partial charge in [0.25, 0.3) is 5.56 Å². The third kappa shape index (κ3) is 5.94. The van der Waals surface area contributed by atoms with Gasteiger partial charge in [0.05, 0.1) is 16.8 Å². The number of halogens is 2. The molecular weight excluding hydrogens is 433 g/mol. The van der Waals surface area contributed by atoms with E-state index in [1.165, 1.54) is 19.1 Å². The first kappa shape index (κ1) is 24.1. The second kappa shape index (κ2) is 9.34. The van der Waals surface area contributed by atoms with Crippen LogP contribution in [0.1, 0.15) is 33.3 Å². The zero-order valence-electron chi connectivity index (χ0n) is 17.7. The highest BCUT2D eigenvalue weighted by molar-refractivity contribution is 6.33. The van der Waals surface area contributed by atoms with Crippen LogP contribution in [0, 0.1) is 12.7 Å². The van der Waals surface area contributed by atoms with Crippen LogP contribution in [-0.2, 0) is 16.1 Å². The maximum atomic E-state index is 14.3. The fourth-order valence-electron chi connectivity index (χ4n) is 2.60. The van der Waals surface area contributed by atoms with E-state index in [4.69, 9.17) is 21.2 Å². The molecule has 0 spiro atoms. The highest BCUT2D eigenvalue weighted by atomic mass is 35.5. The number of aromatic nitrogens is 2. The first-order valence-corrected chi connectivity index (χ1v) is 9.67. The third-order valence-electron chi connectivity index (χ3n) is 3.94. The van der Waals surface area contributed by atoms with Crippen LogP contribution in [0.3, 0.4) is 0 Å². The standard InChI is InChI=1S/C20H23ClFN3O6/c1-11-6-7-13(15(21)16(11)22)14-10-25(31-12(2)26)19(29)24(17(14)27)9-8-23-18(28)30-20(3,4)5/h6-7,10H,8-9H2,1-5H3,(H,23,28). The van der Waals surface area contributed by atoms with E-state index in [9.17, 15) is 23.6 Å². The minimum atomic E-state index is -0.960. The van der Waals surface area contributed by atoms with E-state index in [0.717, 1.165) is 17.7 Å². The lowest BCUT2D eigenvalue weighted by Gasteiger charge is -2.19. The van der Waals surface area contributed by atoms with Crippen LogP contribution in [0.15, 0.2) is 27.9 Å². The molecule has 0 fully saturated rings. The zero-order valence-corrected chi connectivity index (χ0v) is 18.5. The number of hydrogen-bond acceptors (Lipinski definition) is 6. The fraction of sp³-hybridized carbons (Fsp3) is 0.400. The van der Waals surface area contributed by atoms with E-state index in [2.05, 4.69) is 5.32 Å². The summed E-state index contributed by atoms with van der Waals surface area (Å²) in [6.45, 7) is 7.23. The molecule has 0 saturated heterocycles. The van der Waals surface area contributed by atoms with E-state index in [-0.39, 0.29) is 34.8 Å². The van der Waals surface area contributed by atoms with Crippen LogP contribution in [0.2, 0.25) is 5.02 Å². The molecule has 1 amide bonds. The molecule has 0 saturated carbocycles. The van der Waals surface area contributed by atoms with Crippen molar-refractivity contribution in [2.45, 2.75) is 46.8 Å². The van der Waals surface area contributed by atoms with Crippen molar-refractivity contribution in [1.29, 1.82) is 0 Å². The molecule has 2 rings (SSSR count). The number of nitrogens with one attached hydrogen (secondary N) is 1. The topological polar surface area (TPSA) is 109 Å². The molecule has 1 aromatic carbocycles. The Morgan fingerprint density at radius 1 is 1.19 bits per heavy atom. The van der Waals surface area contributed by atoms with Gasteiger partial charge in [-0.2, -0.15) is 0 Å². The molecule has 2 aromatic rings. The van der Waals surface area contributed by atoms with Gasteiger partial charge in [-0.05, 0) is 33.3 Å². The summed E-state index contributed by atoms with van der Waals surface area (Å²) in [6.07, 6.45) is 0.237. The third-order valence-corrected chi connectivity index (χ3v) is 4.31. The van der Waals surface area contributed by atoms with Gasteiger partial charge in [-0.15, -0.1) is 4.73 Å². The normalized spacial score (nSPS) is 11.2. The van der Waals surface area contributed by atoms with Crippen LogP contribution in [0.25, 0.3) is 11.1 Å². The van der Waals surface area contributed by atoms with Gasteiger partial charge in [-0.3, -0.25) is 9.36 Å². The van der Waals surface area contributed by atoms with Gasteiger partial charge in [-0.25, -0.2) is 18.8 Å². The molecule has 0 bridgehead atoms. The van der Waals surface area contributed by atoms with E-state index < -0.39 is 34.7 Å². The number of carbonyl (C=O) groups excluding carboxylic acids is 2. The van der Waals surface area contributed by atoms with Crippen molar-refractivity contribution in [1.82, 2.24) is 14.6 Å². The molecule has 0 radical (unpaired) electrons. The number of alkyl carbamates (subject to hydrolysis) is 1. The lowest BCUT2D eigenvalue weighted by molar-refractivity contribution is -0.142. The van der Waals surface area contributed by atoms with Crippen LogP contribution in [-0.4, -0.2) is 33.5 Å². The SMILES string of the molecule is CC(=O)On1cc(-c2ccc(C)c(F)c2Cl)c(=O)n(CCNC(=O)OC(C)(C)C)c1=O. The molecule has 0 aliphatic carbocycles. The Labute approximate surface area is 182 Å². The van der Waals surface area contributed by atoms with E-state index >= 15 is 0 Å². The van der Waals surface area contributed by atoms with Crippen molar-refractivity contribution in [3.8, 4) is 11.1 Å². The summed E-state index contributed by atoms with van der Waals surface area (Å²) in [5, 5.41) is 2.11. The number of ether oxygens (including phenoxy) is 1. The van der Waals surface area contributed by atoms with E-state index in [0.29, 0.717) is 4.73 Å². The lowest BCUT2D eigenvalue weighted by atomic mass is 10.1. The van der Waals surface area contributed by atoms with Gasteiger partial charge >= 0.3 is 17.8 Å². The number of amides is 1. The van der Waals surface area contributed by atoms with Gasteiger partial charge in [0.15, 0.2) is 0 Å². The van der Waals surface area contributed by atoms with E-state index in [1.807, 2.05) is 0 Å². The number of hydrogen-bond donors (Lipinski definition) is 1. The highest BCUT2D eigenvalue weighted by Crippen LogP contribution is 2.29. The second-order valence-electron chi connectivity index (χ2n) is 7.68. The quantitative estimate of drug-likeness (QED) is 0.740. The molecule has 11 heteroatoms. The van der Waals surface area contributed by atoms with Gasteiger partial charge in [0, 0.05) is 25.6 Å². The van der Waals surface area contributed by atoms with Gasteiger partial charge in [0.1, 0.15) is 11.4 Å². The Kier molecular flexibility index (Phi) is 7.27.